The van der Waals surface area contributed by atoms with Gasteiger partial charge in [-0.2, -0.15) is 4.89 Å². The lowest BCUT2D eigenvalue weighted by Crippen LogP contribution is -2.19. The van der Waals surface area contributed by atoms with E-state index in [0.29, 0.717) is 12.7 Å². The van der Waals surface area contributed by atoms with E-state index in [0.717, 1.165) is 6.42 Å². The predicted octanol–water partition coefficient (Wildman–Crippen LogP) is 1.54. The van der Waals surface area contributed by atoms with Crippen LogP contribution in [0.15, 0.2) is 30.3 Å². The lowest BCUT2D eigenvalue weighted by atomic mass is 10.0. The molecule has 76 valence electrons. The summed E-state index contributed by atoms with van der Waals surface area (Å²) in [6, 6.07) is 9.89. The standard InChI is InChI=1S/C10H14NO2P/c11-7-10(8-14(12)13)6-9-4-2-1-3-5-9/h1-5,10H,6-8,11H2/p+1. The molecule has 2 unspecified atom stereocenters. The molecule has 4 heteroatoms. The Morgan fingerprint density at radius 3 is 2.50 bits per heavy atom. The second kappa shape index (κ2) is 5.86. The van der Waals surface area contributed by atoms with Crippen molar-refractivity contribution in [2.24, 2.45) is 11.7 Å². The number of rotatable bonds is 5. The molecule has 0 aliphatic rings. The third-order valence-electron chi connectivity index (χ3n) is 2.11. The largest absolute Gasteiger partial charge is 0.505 e. The molecule has 1 aromatic rings. The summed E-state index contributed by atoms with van der Waals surface area (Å²) in [7, 11) is -2.07. The third kappa shape index (κ3) is 3.97. The quantitative estimate of drug-likeness (QED) is 0.727. The molecule has 1 aromatic carbocycles. The van der Waals surface area contributed by atoms with Crippen LogP contribution in [0.2, 0.25) is 0 Å². The van der Waals surface area contributed by atoms with Gasteiger partial charge in [-0.25, -0.2) is 0 Å². The predicted molar refractivity (Wildman–Crippen MR) is 57.4 cm³/mol. The summed E-state index contributed by atoms with van der Waals surface area (Å²) in [5.41, 5.74) is 6.70. The molecule has 1 rings (SSSR count). The second-order valence-electron chi connectivity index (χ2n) is 3.33. The smallest absolute Gasteiger partial charge is 0.330 e. The molecular formula is C10H15NO2P+. The molecule has 0 heterocycles. The second-order valence-corrected chi connectivity index (χ2v) is 4.40. The minimum Gasteiger partial charge on any atom is -0.330 e. The van der Waals surface area contributed by atoms with E-state index in [1.807, 2.05) is 30.3 Å². The highest BCUT2D eigenvalue weighted by Crippen LogP contribution is 2.20. The van der Waals surface area contributed by atoms with E-state index < -0.39 is 8.03 Å². The number of hydrogen-bond acceptors (Lipinski definition) is 2. The van der Waals surface area contributed by atoms with Crippen molar-refractivity contribution in [3.8, 4) is 0 Å². The van der Waals surface area contributed by atoms with Crippen LogP contribution < -0.4 is 5.73 Å². The van der Waals surface area contributed by atoms with E-state index in [1.54, 1.807) is 0 Å². The molecule has 3 N–H and O–H groups in total. The van der Waals surface area contributed by atoms with Gasteiger partial charge >= 0.3 is 8.03 Å². The van der Waals surface area contributed by atoms with Gasteiger partial charge < -0.3 is 5.73 Å². The van der Waals surface area contributed by atoms with Crippen molar-refractivity contribution in [2.75, 3.05) is 12.7 Å². The Morgan fingerprint density at radius 2 is 2.00 bits per heavy atom. The summed E-state index contributed by atoms with van der Waals surface area (Å²) in [6.07, 6.45) is 1.07. The highest BCUT2D eigenvalue weighted by Gasteiger charge is 2.19. The van der Waals surface area contributed by atoms with Crippen LogP contribution in [-0.4, -0.2) is 17.6 Å². The summed E-state index contributed by atoms with van der Waals surface area (Å²) >= 11 is 0. The van der Waals surface area contributed by atoms with E-state index in [1.165, 1.54) is 5.56 Å². The summed E-state index contributed by atoms with van der Waals surface area (Å²) in [4.78, 5) is 8.79. The first-order valence-corrected chi connectivity index (χ1v) is 5.99. The molecule has 0 aliphatic heterocycles. The van der Waals surface area contributed by atoms with E-state index in [2.05, 4.69) is 0 Å². The molecule has 0 spiro atoms. The zero-order chi connectivity index (χ0) is 10.4. The molecule has 3 nitrogen and oxygen atoms in total. The highest BCUT2D eigenvalue weighted by atomic mass is 31.1. The number of nitrogens with two attached hydrogens (primary N) is 1. The van der Waals surface area contributed by atoms with Crippen LogP contribution in [0.1, 0.15) is 5.56 Å². The van der Waals surface area contributed by atoms with Crippen molar-refractivity contribution < 1.29 is 9.46 Å². The fourth-order valence-electron chi connectivity index (χ4n) is 1.39. The normalized spacial score (nSPS) is 13.7. The summed E-state index contributed by atoms with van der Waals surface area (Å²) in [6.45, 7) is 0.455. The van der Waals surface area contributed by atoms with Crippen LogP contribution >= 0.6 is 8.03 Å². The Labute approximate surface area is 84.8 Å². The molecule has 0 amide bonds. The summed E-state index contributed by atoms with van der Waals surface area (Å²) in [5.74, 6) is 0.103. The highest BCUT2D eigenvalue weighted by molar-refractivity contribution is 7.38. The van der Waals surface area contributed by atoms with Gasteiger partial charge in [-0.3, -0.25) is 0 Å². The molecular weight excluding hydrogens is 197 g/mol. The maximum absolute atomic E-state index is 10.7. The van der Waals surface area contributed by atoms with Crippen molar-refractivity contribution >= 4 is 8.03 Å². The van der Waals surface area contributed by atoms with Gasteiger partial charge in [0.15, 0.2) is 6.16 Å². The average molecular weight is 212 g/mol. The van der Waals surface area contributed by atoms with Gasteiger partial charge in [-0.05, 0) is 23.1 Å². The Balaban J connectivity index is 2.53. The van der Waals surface area contributed by atoms with Crippen molar-refractivity contribution in [1.82, 2.24) is 0 Å². The molecule has 14 heavy (non-hydrogen) atoms. The first kappa shape index (κ1) is 11.3. The van der Waals surface area contributed by atoms with Gasteiger partial charge in [0, 0.05) is 5.92 Å². The Hall–Kier alpha value is -0.760. The maximum atomic E-state index is 10.7. The number of hydrogen-bond donors (Lipinski definition) is 2. The van der Waals surface area contributed by atoms with Crippen LogP contribution in [-0.2, 0) is 11.0 Å². The fourth-order valence-corrected chi connectivity index (χ4v) is 2.11. The lowest BCUT2D eigenvalue weighted by Gasteiger charge is -2.07. The number of benzene rings is 1. The monoisotopic (exact) mass is 212 g/mol. The van der Waals surface area contributed by atoms with Crippen molar-refractivity contribution in [3.63, 3.8) is 0 Å². The third-order valence-corrected chi connectivity index (χ3v) is 2.94. The van der Waals surface area contributed by atoms with Crippen molar-refractivity contribution in [1.29, 1.82) is 0 Å². The Bertz CT molecular complexity index is 289. The van der Waals surface area contributed by atoms with E-state index in [-0.39, 0.29) is 5.92 Å². The summed E-state index contributed by atoms with van der Waals surface area (Å²) < 4.78 is 10.7. The average Bonchev–Trinajstić information content (AvgIpc) is 2.17. The molecule has 0 aromatic heterocycles. The van der Waals surface area contributed by atoms with Crippen LogP contribution in [0.5, 0.6) is 0 Å². The topological polar surface area (TPSA) is 63.3 Å². The van der Waals surface area contributed by atoms with Crippen LogP contribution in [0.3, 0.4) is 0 Å². The molecule has 0 bridgehead atoms. The summed E-state index contributed by atoms with van der Waals surface area (Å²) in [5, 5.41) is 0. The lowest BCUT2D eigenvalue weighted by molar-refractivity contribution is 0.483. The first-order valence-electron chi connectivity index (χ1n) is 4.60. The van der Waals surface area contributed by atoms with Crippen LogP contribution in [0.4, 0.5) is 0 Å². The van der Waals surface area contributed by atoms with Gasteiger partial charge in [-0.15, -0.1) is 0 Å². The van der Waals surface area contributed by atoms with Crippen molar-refractivity contribution in [3.05, 3.63) is 35.9 Å². The fraction of sp³-hybridized carbons (Fsp3) is 0.400. The van der Waals surface area contributed by atoms with E-state index in [9.17, 15) is 4.57 Å². The molecule has 0 fully saturated rings. The molecule has 0 aliphatic carbocycles. The minimum atomic E-state index is -2.07. The van der Waals surface area contributed by atoms with Gasteiger partial charge in [0.05, 0.1) is 0 Å². The Morgan fingerprint density at radius 1 is 1.36 bits per heavy atom. The van der Waals surface area contributed by atoms with E-state index >= 15 is 0 Å². The van der Waals surface area contributed by atoms with Crippen LogP contribution in [0.25, 0.3) is 0 Å². The first-order chi connectivity index (χ1) is 6.72. The SMILES string of the molecule is NCC(Cc1ccccc1)C[P+](=O)O. The van der Waals surface area contributed by atoms with Gasteiger partial charge in [-0.1, -0.05) is 30.3 Å². The zero-order valence-corrected chi connectivity index (χ0v) is 8.86. The Kier molecular flexibility index (Phi) is 4.74. The molecule has 0 saturated carbocycles. The minimum absolute atomic E-state index is 0.103. The maximum Gasteiger partial charge on any atom is 0.505 e. The van der Waals surface area contributed by atoms with E-state index in [4.69, 9.17) is 10.6 Å². The van der Waals surface area contributed by atoms with Crippen LogP contribution in [0, 0.1) is 5.92 Å². The molecule has 0 saturated heterocycles. The van der Waals surface area contributed by atoms with Gasteiger partial charge in [0.1, 0.15) is 0 Å². The molecule has 0 radical (unpaired) electrons. The van der Waals surface area contributed by atoms with Gasteiger partial charge in [0.25, 0.3) is 0 Å². The molecule has 2 atom stereocenters. The van der Waals surface area contributed by atoms with Gasteiger partial charge in [0.2, 0.25) is 0 Å². The zero-order valence-electron chi connectivity index (χ0n) is 7.97. The van der Waals surface area contributed by atoms with Crippen molar-refractivity contribution in [2.45, 2.75) is 6.42 Å².